The van der Waals surface area contributed by atoms with E-state index in [1.807, 2.05) is 0 Å². The van der Waals surface area contributed by atoms with Gasteiger partial charge in [-0.3, -0.25) is 14.4 Å². The first-order valence-electron chi connectivity index (χ1n) is 28.6. The average Bonchev–Trinajstić information content (AvgIpc) is 3.37. The van der Waals surface area contributed by atoms with E-state index < -0.39 is 67.3 Å². The van der Waals surface area contributed by atoms with Gasteiger partial charge in [0.25, 0.3) is 0 Å². The van der Waals surface area contributed by atoms with E-state index in [0.717, 1.165) is 128 Å². The van der Waals surface area contributed by atoms with Crippen molar-refractivity contribution in [1.29, 1.82) is 0 Å². The predicted octanol–water partition coefficient (Wildman–Crippen LogP) is 14.3. The molecule has 12 nitrogen and oxygen atoms in total. The normalized spacial score (nSPS) is 18.9. The quantitative estimate of drug-likeness (QED) is 0.0228. The summed E-state index contributed by atoms with van der Waals surface area (Å²) in [6.07, 6.45) is 49.8. The van der Waals surface area contributed by atoms with Crippen molar-refractivity contribution in [3.63, 3.8) is 0 Å². The zero-order valence-electron chi connectivity index (χ0n) is 45.6. The Bertz CT molecular complexity index is 1590. The van der Waals surface area contributed by atoms with Crippen molar-refractivity contribution >= 4 is 23.9 Å². The highest BCUT2D eigenvalue weighted by molar-refractivity contribution is 5.74. The fourth-order valence-corrected chi connectivity index (χ4v) is 8.03. The van der Waals surface area contributed by atoms with E-state index in [0.29, 0.717) is 19.3 Å². The maximum absolute atomic E-state index is 13.1. The number of esters is 3. The van der Waals surface area contributed by atoms with Crippen molar-refractivity contribution in [1.82, 2.24) is 0 Å². The zero-order valence-corrected chi connectivity index (χ0v) is 45.6. The Morgan fingerprint density at radius 3 is 1.33 bits per heavy atom. The Morgan fingerprint density at radius 2 is 0.863 bits per heavy atom. The van der Waals surface area contributed by atoms with E-state index in [1.54, 1.807) is 0 Å². The van der Waals surface area contributed by atoms with Crippen molar-refractivity contribution in [2.24, 2.45) is 0 Å². The molecule has 1 rings (SSSR count). The van der Waals surface area contributed by atoms with Gasteiger partial charge in [0, 0.05) is 19.3 Å². The van der Waals surface area contributed by atoms with Crippen LogP contribution in [0.1, 0.15) is 226 Å². The number of carbonyl (C=O) groups is 4. The Hall–Kier alpha value is -4.10. The van der Waals surface area contributed by atoms with Crippen molar-refractivity contribution in [3.8, 4) is 0 Å². The molecule has 1 heterocycles. The topological polar surface area (TPSA) is 175 Å². The van der Waals surface area contributed by atoms with E-state index in [1.165, 1.54) is 38.5 Å². The molecule has 1 aliphatic heterocycles. The molecule has 0 amide bonds. The minimum absolute atomic E-state index is 0.0363. The standard InChI is InChI=1S/C61H100O12/c1-4-7-10-13-16-19-22-25-27-30-32-35-38-41-44-47-53(62)69-50-52(71-54(63)48-45-42-39-36-33-29-24-21-18-15-12-9-6-3)51-70-61-59(57(66)56(65)58(73-61)60(67)68)72-55(64)49-46-43-40-37-34-31-28-26-23-20-17-14-11-8-5-2/h9,12,16-21,25-29,33,52,56-59,61,65-66H,4-8,10-11,13-15,22-24,30-32,34-51H2,1-3H3,(H,67,68)/b12-9-,19-16-,20-17-,21-18-,27-25-,28-26-,33-29-. The van der Waals surface area contributed by atoms with Gasteiger partial charge < -0.3 is 39.0 Å². The van der Waals surface area contributed by atoms with Crippen LogP contribution in [0.2, 0.25) is 0 Å². The highest BCUT2D eigenvalue weighted by Crippen LogP contribution is 2.26. The number of ether oxygens (including phenoxy) is 5. The number of hydrogen-bond acceptors (Lipinski definition) is 11. The number of carboxylic acid groups (broad SMARTS) is 1. The molecule has 0 saturated carbocycles. The summed E-state index contributed by atoms with van der Waals surface area (Å²) in [5, 5.41) is 31.4. The number of unbranched alkanes of at least 4 members (excludes halogenated alkanes) is 19. The first-order chi connectivity index (χ1) is 35.6. The molecule has 73 heavy (non-hydrogen) atoms. The van der Waals surface area contributed by atoms with Gasteiger partial charge in [0.1, 0.15) is 18.8 Å². The summed E-state index contributed by atoms with van der Waals surface area (Å²) in [7, 11) is 0. The Labute approximate surface area is 441 Å². The average molecular weight is 1030 g/mol. The Kier molecular flexibility index (Phi) is 44.7. The van der Waals surface area contributed by atoms with E-state index in [9.17, 15) is 34.5 Å². The van der Waals surface area contributed by atoms with Crippen molar-refractivity contribution in [2.45, 2.75) is 263 Å². The van der Waals surface area contributed by atoms with Gasteiger partial charge in [0.15, 0.2) is 24.6 Å². The lowest BCUT2D eigenvalue weighted by atomic mass is 9.98. The number of aliphatic hydroxyl groups is 2. The summed E-state index contributed by atoms with van der Waals surface area (Å²) in [4.78, 5) is 51.0. The van der Waals surface area contributed by atoms with Crippen LogP contribution in [-0.2, 0) is 42.9 Å². The summed E-state index contributed by atoms with van der Waals surface area (Å²) in [6, 6.07) is 0. The SMILES string of the molecule is CC/C=C\C/C=C\C/C=C\CCCCCC(=O)OC(COC(=O)CCCCCCC/C=C\C/C=C\CCCCC)COC1OC(C(=O)O)C(O)C(O)C1OC(=O)CCCCCCC/C=C\C/C=C\CCCCC. The van der Waals surface area contributed by atoms with Crippen LogP contribution in [0.25, 0.3) is 0 Å². The molecule has 12 heteroatoms. The largest absolute Gasteiger partial charge is 0.479 e. The summed E-state index contributed by atoms with van der Waals surface area (Å²) >= 11 is 0. The lowest BCUT2D eigenvalue weighted by Crippen LogP contribution is -2.61. The van der Waals surface area contributed by atoms with E-state index in [-0.39, 0.29) is 25.9 Å². The number of aliphatic carboxylic acids is 1. The van der Waals surface area contributed by atoms with Crippen molar-refractivity contribution < 1.29 is 58.2 Å². The van der Waals surface area contributed by atoms with E-state index in [2.05, 4.69) is 106 Å². The van der Waals surface area contributed by atoms with Gasteiger partial charge in [0.05, 0.1) is 6.61 Å². The third-order valence-corrected chi connectivity index (χ3v) is 12.4. The van der Waals surface area contributed by atoms with Crippen LogP contribution in [0.15, 0.2) is 85.1 Å². The highest BCUT2D eigenvalue weighted by atomic mass is 16.7. The Morgan fingerprint density at radius 1 is 0.466 bits per heavy atom. The second kappa shape index (κ2) is 48.8. The summed E-state index contributed by atoms with van der Waals surface area (Å²) < 4.78 is 28.3. The minimum atomic E-state index is -1.92. The van der Waals surface area contributed by atoms with Crippen LogP contribution in [0, 0.1) is 0 Å². The smallest absolute Gasteiger partial charge is 0.335 e. The van der Waals surface area contributed by atoms with Crippen LogP contribution in [-0.4, -0.2) is 89.2 Å². The van der Waals surface area contributed by atoms with E-state index >= 15 is 0 Å². The second-order valence-electron chi connectivity index (χ2n) is 19.2. The molecule has 0 bridgehead atoms. The first kappa shape index (κ1) is 66.9. The van der Waals surface area contributed by atoms with Gasteiger partial charge >= 0.3 is 23.9 Å². The predicted molar refractivity (Wildman–Crippen MR) is 294 cm³/mol. The van der Waals surface area contributed by atoms with Gasteiger partial charge in [-0.1, -0.05) is 176 Å². The van der Waals surface area contributed by atoms with Gasteiger partial charge in [-0.15, -0.1) is 0 Å². The summed E-state index contributed by atoms with van der Waals surface area (Å²) in [6.45, 7) is 5.77. The lowest BCUT2D eigenvalue weighted by Gasteiger charge is -2.40. The van der Waals surface area contributed by atoms with Gasteiger partial charge in [-0.2, -0.15) is 0 Å². The van der Waals surface area contributed by atoms with E-state index in [4.69, 9.17) is 23.7 Å². The molecule has 0 radical (unpaired) electrons. The number of carbonyl (C=O) groups excluding carboxylic acids is 3. The minimum Gasteiger partial charge on any atom is -0.479 e. The van der Waals surface area contributed by atoms with Crippen LogP contribution in [0.3, 0.4) is 0 Å². The molecule has 0 aromatic heterocycles. The fraction of sp³-hybridized carbons (Fsp3) is 0.705. The lowest BCUT2D eigenvalue weighted by molar-refractivity contribution is -0.301. The fourth-order valence-electron chi connectivity index (χ4n) is 8.03. The molecule has 6 unspecified atom stereocenters. The van der Waals surface area contributed by atoms with Crippen LogP contribution in [0.5, 0.6) is 0 Å². The van der Waals surface area contributed by atoms with Crippen LogP contribution in [0.4, 0.5) is 0 Å². The van der Waals surface area contributed by atoms with Gasteiger partial charge in [-0.05, 0) is 116 Å². The van der Waals surface area contributed by atoms with Crippen LogP contribution >= 0.6 is 0 Å². The zero-order chi connectivity index (χ0) is 53.3. The third-order valence-electron chi connectivity index (χ3n) is 12.4. The summed E-state index contributed by atoms with van der Waals surface area (Å²) in [5.74, 6) is -3.20. The van der Waals surface area contributed by atoms with Crippen molar-refractivity contribution in [3.05, 3.63) is 85.1 Å². The van der Waals surface area contributed by atoms with Crippen LogP contribution < -0.4 is 0 Å². The maximum Gasteiger partial charge on any atom is 0.335 e. The molecule has 1 saturated heterocycles. The molecule has 1 fully saturated rings. The maximum atomic E-state index is 13.1. The molecular formula is C61H100O12. The summed E-state index contributed by atoms with van der Waals surface area (Å²) in [5.41, 5.74) is 0. The molecule has 0 aliphatic carbocycles. The molecule has 0 spiro atoms. The molecule has 0 aromatic rings. The molecule has 416 valence electrons. The number of aliphatic hydroxyl groups excluding tert-OH is 2. The molecule has 3 N–H and O–H groups in total. The number of allylic oxidation sites excluding steroid dienone is 14. The second-order valence-corrected chi connectivity index (χ2v) is 19.2. The van der Waals surface area contributed by atoms with Crippen molar-refractivity contribution in [2.75, 3.05) is 13.2 Å². The first-order valence-corrected chi connectivity index (χ1v) is 28.6. The van der Waals surface area contributed by atoms with Gasteiger partial charge in [-0.25, -0.2) is 4.79 Å². The third kappa shape index (κ3) is 39.0. The molecule has 0 aromatic carbocycles. The number of rotatable bonds is 47. The Balaban J connectivity index is 2.74. The molecular weight excluding hydrogens is 925 g/mol. The highest BCUT2D eigenvalue weighted by Gasteiger charge is 2.50. The van der Waals surface area contributed by atoms with Gasteiger partial charge in [0.2, 0.25) is 0 Å². The molecule has 1 aliphatic rings. The molecule has 6 atom stereocenters. The monoisotopic (exact) mass is 1020 g/mol. The number of carboxylic acids is 1. The number of hydrogen-bond donors (Lipinski definition) is 3.